The Morgan fingerprint density at radius 3 is 2.69 bits per heavy atom. The van der Waals surface area contributed by atoms with Crippen molar-refractivity contribution < 1.29 is 9.59 Å². The van der Waals surface area contributed by atoms with Crippen LogP contribution in [0.1, 0.15) is 20.8 Å². The molecule has 4 aromatic rings. The van der Waals surface area contributed by atoms with Crippen LogP contribution in [-0.4, -0.2) is 28.7 Å². The van der Waals surface area contributed by atoms with Gasteiger partial charge in [-0.05, 0) is 48.6 Å². The maximum Gasteiger partial charge on any atom is 0.261 e. The summed E-state index contributed by atoms with van der Waals surface area (Å²) in [5.41, 5.74) is 4.20. The van der Waals surface area contributed by atoms with Crippen molar-refractivity contribution >= 4 is 51.5 Å². The minimum atomic E-state index is -0.0471. The monoisotopic (exact) mass is 463 g/mol. The molecule has 0 fully saturated rings. The molecule has 0 bridgehead atoms. The minimum absolute atomic E-state index is 0.0243. The third-order valence-electron chi connectivity index (χ3n) is 5.37. The number of carbonyl (C=O) groups is 2. The summed E-state index contributed by atoms with van der Waals surface area (Å²) < 4.78 is 2.13. The van der Waals surface area contributed by atoms with Crippen molar-refractivity contribution in [1.82, 2.24) is 9.88 Å². The van der Waals surface area contributed by atoms with E-state index in [0.717, 1.165) is 32.6 Å². The quantitative estimate of drug-likeness (QED) is 0.340. The second kappa shape index (κ2) is 10.1. The molecule has 0 saturated heterocycles. The van der Waals surface area contributed by atoms with Crippen molar-refractivity contribution in [2.45, 2.75) is 25.3 Å². The number of hydrogen-bond donors (Lipinski definition) is 2. The molecular weight excluding hydrogens is 438 g/mol. The molecule has 0 unspecified atom stereocenters. The van der Waals surface area contributed by atoms with Crippen LogP contribution in [0.2, 0.25) is 0 Å². The van der Waals surface area contributed by atoms with Gasteiger partial charge in [0.25, 0.3) is 5.91 Å². The second-order valence-electron chi connectivity index (χ2n) is 7.52. The minimum Gasteiger partial charge on any atom is -0.350 e. The summed E-state index contributed by atoms with van der Waals surface area (Å²) in [6.07, 6.45) is 2.07. The van der Waals surface area contributed by atoms with Gasteiger partial charge in [-0.2, -0.15) is 0 Å². The standard InChI is InChI=1S/C25H25N3O2S2/c1-17-7-5-9-20(18(17)2)27-24(29)16-32-23-15-28(21-10-4-3-8-19(21)23)13-12-26-25(30)22-11-6-14-31-22/h3-11,14-15H,12-13,16H2,1-2H3,(H,26,30)(H,27,29). The molecular formula is C25H25N3O2S2. The van der Waals surface area contributed by atoms with Gasteiger partial charge in [-0.15, -0.1) is 23.1 Å². The van der Waals surface area contributed by atoms with E-state index < -0.39 is 0 Å². The van der Waals surface area contributed by atoms with E-state index in [-0.39, 0.29) is 11.8 Å². The molecule has 2 N–H and O–H groups in total. The molecule has 0 radical (unpaired) electrons. The molecule has 0 atom stereocenters. The number of para-hydroxylation sites is 1. The maximum absolute atomic E-state index is 12.6. The highest BCUT2D eigenvalue weighted by molar-refractivity contribution is 8.00. The highest BCUT2D eigenvalue weighted by Crippen LogP contribution is 2.30. The average molecular weight is 464 g/mol. The SMILES string of the molecule is Cc1cccc(NC(=O)CSc2cn(CCNC(=O)c3cccs3)c3ccccc23)c1C. The molecule has 0 aliphatic rings. The number of aromatic nitrogens is 1. The van der Waals surface area contributed by atoms with E-state index in [4.69, 9.17) is 0 Å². The first kappa shape index (κ1) is 22.2. The van der Waals surface area contributed by atoms with Crippen LogP contribution in [0.5, 0.6) is 0 Å². The number of fused-ring (bicyclic) bond motifs is 1. The molecule has 5 nitrogen and oxygen atoms in total. The topological polar surface area (TPSA) is 63.1 Å². The smallest absolute Gasteiger partial charge is 0.261 e. The van der Waals surface area contributed by atoms with Gasteiger partial charge in [-0.3, -0.25) is 9.59 Å². The van der Waals surface area contributed by atoms with Crippen LogP contribution in [0.15, 0.2) is 71.1 Å². The molecule has 2 heterocycles. The number of rotatable bonds is 8. The number of nitrogens with zero attached hydrogens (tertiary/aromatic N) is 1. The Balaban J connectivity index is 1.40. The van der Waals surface area contributed by atoms with E-state index in [2.05, 4.69) is 33.5 Å². The van der Waals surface area contributed by atoms with E-state index in [1.807, 2.05) is 61.7 Å². The average Bonchev–Trinajstić information content (AvgIpc) is 3.44. The van der Waals surface area contributed by atoms with Crippen molar-refractivity contribution in [2.75, 3.05) is 17.6 Å². The Hall–Kier alpha value is -3.03. The van der Waals surface area contributed by atoms with Crippen molar-refractivity contribution in [1.29, 1.82) is 0 Å². The van der Waals surface area contributed by atoms with Gasteiger partial charge in [-0.25, -0.2) is 0 Å². The zero-order valence-electron chi connectivity index (χ0n) is 18.1. The number of carbonyl (C=O) groups excluding carboxylic acids is 2. The third-order valence-corrected chi connectivity index (χ3v) is 7.28. The molecule has 0 aliphatic carbocycles. The fraction of sp³-hybridized carbons (Fsp3) is 0.200. The van der Waals surface area contributed by atoms with Crippen LogP contribution in [-0.2, 0) is 11.3 Å². The highest BCUT2D eigenvalue weighted by Gasteiger charge is 2.12. The number of benzene rings is 2. The lowest BCUT2D eigenvalue weighted by Gasteiger charge is -2.10. The molecule has 32 heavy (non-hydrogen) atoms. The van der Waals surface area contributed by atoms with Gasteiger partial charge in [0, 0.05) is 40.8 Å². The van der Waals surface area contributed by atoms with Crippen LogP contribution >= 0.6 is 23.1 Å². The number of thioether (sulfide) groups is 1. The van der Waals surface area contributed by atoms with Crippen LogP contribution in [0.4, 0.5) is 5.69 Å². The van der Waals surface area contributed by atoms with Crippen molar-refractivity contribution in [3.8, 4) is 0 Å². The van der Waals surface area contributed by atoms with Crippen LogP contribution in [0.25, 0.3) is 10.9 Å². The lowest BCUT2D eigenvalue weighted by atomic mass is 10.1. The van der Waals surface area contributed by atoms with E-state index in [0.29, 0.717) is 23.7 Å². The molecule has 164 valence electrons. The van der Waals surface area contributed by atoms with Gasteiger partial charge in [0.15, 0.2) is 0 Å². The molecule has 0 aliphatic heterocycles. The van der Waals surface area contributed by atoms with Crippen molar-refractivity contribution in [2.24, 2.45) is 0 Å². The van der Waals surface area contributed by atoms with Crippen molar-refractivity contribution in [3.63, 3.8) is 0 Å². The first-order valence-corrected chi connectivity index (χ1v) is 12.3. The Kier molecular flexibility index (Phi) is 6.97. The lowest BCUT2D eigenvalue weighted by molar-refractivity contribution is -0.113. The lowest BCUT2D eigenvalue weighted by Crippen LogP contribution is -2.26. The summed E-state index contributed by atoms with van der Waals surface area (Å²) in [6.45, 7) is 5.25. The van der Waals surface area contributed by atoms with Crippen LogP contribution in [0.3, 0.4) is 0 Å². The maximum atomic E-state index is 12.6. The summed E-state index contributed by atoms with van der Waals surface area (Å²) in [5, 5.41) is 9.01. The number of anilines is 1. The van der Waals surface area contributed by atoms with Gasteiger partial charge in [0.1, 0.15) is 0 Å². The Morgan fingerprint density at radius 2 is 1.88 bits per heavy atom. The van der Waals surface area contributed by atoms with Gasteiger partial charge in [0.05, 0.1) is 10.6 Å². The largest absolute Gasteiger partial charge is 0.350 e. The number of thiophene rings is 1. The summed E-state index contributed by atoms with van der Waals surface area (Å²) in [6, 6.07) is 17.8. The van der Waals surface area contributed by atoms with Crippen LogP contribution in [0, 0.1) is 13.8 Å². The first-order chi connectivity index (χ1) is 15.5. The molecule has 2 aromatic heterocycles. The zero-order chi connectivity index (χ0) is 22.5. The number of amides is 2. The molecule has 4 rings (SSSR count). The number of aryl methyl sites for hydroxylation is 1. The Morgan fingerprint density at radius 1 is 1.03 bits per heavy atom. The molecule has 0 saturated carbocycles. The van der Waals surface area contributed by atoms with Gasteiger partial charge in [0.2, 0.25) is 5.91 Å². The van der Waals surface area contributed by atoms with Crippen LogP contribution < -0.4 is 10.6 Å². The Labute approximate surface area is 195 Å². The highest BCUT2D eigenvalue weighted by atomic mass is 32.2. The fourth-order valence-electron chi connectivity index (χ4n) is 3.51. The number of nitrogens with one attached hydrogen (secondary N) is 2. The third kappa shape index (κ3) is 5.06. The Bertz CT molecular complexity index is 1250. The van der Waals surface area contributed by atoms with E-state index in [1.54, 1.807) is 0 Å². The van der Waals surface area contributed by atoms with Gasteiger partial charge < -0.3 is 15.2 Å². The van der Waals surface area contributed by atoms with E-state index >= 15 is 0 Å². The molecule has 7 heteroatoms. The second-order valence-corrected chi connectivity index (χ2v) is 9.49. The predicted octanol–water partition coefficient (Wildman–Crippen LogP) is 5.48. The summed E-state index contributed by atoms with van der Waals surface area (Å²) in [4.78, 5) is 26.5. The first-order valence-electron chi connectivity index (χ1n) is 10.4. The normalized spacial score (nSPS) is 10.9. The fourth-order valence-corrected chi connectivity index (χ4v) is 5.04. The predicted molar refractivity (Wildman–Crippen MR) is 134 cm³/mol. The summed E-state index contributed by atoms with van der Waals surface area (Å²) in [5.74, 6) is 0.258. The summed E-state index contributed by atoms with van der Waals surface area (Å²) >= 11 is 2.96. The van der Waals surface area contributed by atoms with E-state index in [9.17, 15) is 9.59 Å². The zero-order valence-corrected chi connectivity index (χ0v) is 19.7. The van der Waals surface area contributed by atoms with E-state index in [1.165, 1.54) is 23.1 Å². The van der Waals surface area contributed by atoms with Crippen molar-refractivity contribution in [3.05, 3.63) is 82.2 Å². The summed E-state index contributed by atoms with van der Waals surface area (Å²) in [7, 11) is 0. The number of hydrogen-bond acceptors (Lipinski definition) is 4. The molecule has 2 amide bonds. The molecule has 0 spiro atoms. The molecule has 2 aromatic carbocycles. The van der Waals surface area contributed by atoms with Gasteiger partial charge >= 0.3 is 0 Å². The van der Waals surface area contributed by atoms with Gasteiger partial charge in [-0.1, -0.05) is 36.4 Å².